The van der Waals surface area contributed by atoms with E-state index in [0.717, 1.165) is 10.4 Å². The van der Waals surface area contributed by atoms with Crippen LogP contribution >= 0.6 is 11.3 Å². The molecule has 0 atom stereocenters. The van der Waals surface area contributed by atoms with Gasteiger partial charge in [-0.1, -0.05) is 6.07 Å². The third kappa shape index (κ3) is 2.88. The number of hydrogen-bond acceptors (Lipinski definition) is 4. The minimum absolute atomic E-state index is 0.304. The van der Waals surface area contributed by atoms with Crippen molar-refractivity contribution in [3.63, 3.8) is 0 Å². The lowest BCUT2D eigenvalue weighted by atomic mass is 10.1. The third-order valence-corrected chi connectivity index (χ3v) is 4.70. The largest absolute Gasteiger partial charge is 0.366 e. The summed E-state index contributed by atoms with van der Waals surface area (Å²) in [6, 6.07) is 15.0. The van der Waals surface area contributed by atoms with E-state index in [9.17, 15) is 9.18 Å². The summed E-state index contributed by atoms with van der Waals surface area (Å²) >= 11 is 1.54. The fourth-order valence-corrected chi connectivity index (χ4v) is 3.32. The molecule has 4 aromatic rings. The second-order valence-corrected chi connectivity index (χ2v) is 6.42. The molecule has 4 nitrogen and oxygen atoms in total. The summed E-state index contributed by atoms with van der Waals surface area (Å²) in [5.74, 6) is -0.815. The highest BCUT2D eigenvalue weighted by atomic mass is 32.1. The van der Waals surface area contributed by atoms with Crippen molar-refractivity contribution in [3.05, 3.63) is 71.4 Å². The molecule has 0 aliphatic heterocycles. The number of nitrogens with two attached hydrogens (primary N) is 1. The summed E-state index contributed by atoms with van der Waals surface area (Å²) < 4.78 is 13.3. The molecule has 2 aromatic heterocycles. The quantitative estimate of drug-likeness (QED) is 0.601. The molecule has 0 spiro atoms. The van der Waals surface area contributed by atoms with E-state index < -0.39 is 5.91 Å². The summed E-state index contributed by atoms with van der Waals surface area (Å²) in [6.07, 6.45) is 0. The van der Waals surface area contributed by atoms with E-state index in [0.29, 0.717) is 28.0 Å². The molecular formula is C19H12FN3OS. The fraction of sp³-hybridized carbons (Fsp3) is 0. The Morgan fingerprint density at radius 3 is 2.40 bits per heavy atom. The molecule has 1 amide bonds. The van der Waals surface area contributed by atoms with Crippen LogP contribution in [0.15, 0.2) is 60.0 Å². The Balaban J connectivity index is 2.00. The number of rotatable bonds is 3. The molecule has 0 saturated heterocycles. The van der Waals surface area contributed by atoms with Gasteiger partial charge in [-0.2, -0.15) is 0 Å². The number of thiophene rings is 1. The number of fused-ring (bicyclic) bond motifs is 1. The predicted octanol–water partition coefficient (Wildman–Crippen LogP) is 4.26. The summed E-state index contributed by atoms with van der Waals surface area (Å²) in [7, 11) is 0. The molecule has 0 radical (unpaired) electrons. The molecule has 6 heteroatoms. The van der Waals surface area contributed by atoms with E-state index >= 15 is 0 Å². The number of halogens is 1. The molecule has 0 bridgehead atoms. The molecule has 25 heavy (non-hydrogen) atoms. The van der Waals surface area contributed by atoms with Gasteiger partial charge in [-0.05, 0) is 53.9 Å². The number of benzene rings is 2. The molecule has 122 valence electrons. The summed E-state index contributed by atoms with van der Waals surface area (Å²) in [5, 5.41) is 1.95. The first-order valence-corrected chi connectivity index (χ1v) is 8.41. The Bertz CT molecular complexity index is 1080. The molecule has 4 rings (SSSR count). The molecule has 0 saturated carbocycles. The summed E-state index contributed by atoms with van der Waals surface area (Å²) in [5.41, 5.74) is 9.10. The smallest absolute Gasteiger partial charge is 0.248 e. The van der Waals surface area contributed by atoms with E-state index in [1.54, 1.807) is 30.3 Å². The molecule has 0 unspecified atom stereocenters. The molecule has 2 heterocycles. The van der Waals surface area contributed by atoms with Gasteiger partial charge >= 0.3 is 0 Å². The highest BCUT2D eigenvalue weighted by molar-refractivity contribution is 7.13. The van der Waals surface area contributed by atoms with Crippen LogP contribution in [0.25, 0.3) is 32.9 Å². The average Bonchev–Trinajstić information content (AvgIpc) is 3.15. The van der Waals surface area contributed by atoms with E-state index in [1.807, 2.05) is 17.5 Å². The maximum Gasteiger partial charge on any atom is 0.248 e. The molecule has 0 fully saturated rings. The minimum atomic E-state index is -0.510. The number of nitrogens with zero attached hydrogens (tertiary/aromatic N) is 2. The summed E-state index contributed by atoms with van der Waals surface area (Å²) in [4.78, 5) is 21.8. The Hall–Kier alpha value is -3.12. The van der Waals surface area contributed by atoms with Crippen LogP contribution in [-0.2, 0) is 0 Å². The molecule has 0 aliphatic carbocycles. The lowest BCUT2D eigenvalue weighted by Gasteiger charge is -2.09. The van der Waals surface area contributed by atoms with Crippen molar-refractivity contribution in [2.45, 2.75) is 0 Å². The normalized spacial score (nSPS) is 10.9. The number of primary amides is 1. The van der Waals surface area contributed by atoms with Crippen LogP contribution in [0.2, 0.25) is 0 Å². The van der Waals surface area contributed by atoms with Gasteiger partial charge in [0.25, 0.3) is 0 Å². The monoisotopic (exact) mass is 349 g/mol. The van der Waals surface area contributed by atoms with E-state index in [1.165, 1.54) is 23.5 Å². The standard InChI is InChI=1S/C19H12FN3OS/c20-13-6-3-11(4-7-13)17-18(16-2-1-9-25-16)23-15-10-12(19(21)24)5-8-14(15)22-17/h1-10H,(H2,21,24). The molecule has 2 N–H and O–H groups in total. The van der Waals surface area contributed by atoms with Gasteiger partial charge in [0, 0.05) is 11.1 Å². The van der Waals surface area contributed by atoms with Gasteiger partial charge < -0.3 is 5.73 Å². The van der Waals surface area contributed by atoms with E-state index in [2.05, 4.69) is 0 Å². The fourth-order valence-electron chi connectivity index (χ4n) is 2.60. The predicted molar refractivity (Wildman–Crippen MR) is 96.8 cm³/mol. The zero-order valence-corrected chi connectivity index (χ0v) is 13.8. The number of amides is 1. The second-order valence-electron chi connectivity index (χ2n) is 5.47. The van der Waals surface area contributed by atoms with Crippen LogP contribution in [0.5, 0.6) is 0 Å². The van der Waals surface area contributed by atoms with Gasteiger partial charge in [0.15, 0.2) is 0 Å². The Labute approximate surface area is 146 Å². The van der Waals surface area contributed by atoms with Gasteiger partial charge in [-0.3, -0.25) is 4.79 Å². The maximum atomic E-state index is 13.3. The van der Waals surface area contributed by atoms with Crippen molar-refractivity contribution in [1.29, 1.82) is 0 Å². The van der Waals surface area contributed by atoms with Crippen LogP contribution in [0.4, 0.5) is 4.39 Å². The van der Waals surface area contributed by atoms with Crippen LogP contribution in [-0.4, -0.2) is 15.9 Å². The molecule has 0 aliphatic rings. The van der Waals surface area contributed by atoms with Gasteiger partial charge in [-0.25, -0.2) is 14.4 Å². The second kappa shape index (κ2) is 6.07. The van der Waals surface area contributed by atoms with Crippen LogP contribution in [0.1, 0.15) is 10.4 Å². The van der Waals surface area contributed by atoms with Crippen LogP contribution in [0, 0.1) is 5.82 Å². The number of hydrogen-bond donors (Lipinski definition) is 1. The van der Waals surface area contributed by atoms with Crippen molar-refractivity contribution in [1.82, 2.24) is 9.97 Å². The minimum Gasteiger partial charge on any atom is -0.366 e. The first-order chi connectivity index (χ1) is 12.1. The highest BCUT2D eigenvalue weighted by Gasteiger charge is 2.15. The van der Waals surface area contributed by atoms with Crippen molar-refractivity contribution in [3.8, 4) is 21.8 Å². The molecular weight excluding hydrogens is 337 g/mol. The van der Waals surface area contributed by atoms with E-state index in [-0.39, 0.29) is 5.82 Å². The zero-order chi connectivity index (χ0) is 17.4. The SMILES string of the molecule is NC(=O)c1ccc2nc(-c3ccc(F)cc3)c(-c3cccs3)nc2c1. The lowest BCUT2D eigenvalue weighted by Crippen LogP contribution is -2.10. The van der Waals surface area contributed by atoms with Gasteiger partial charge in [0.05, 0.1) is 21.6 Å². The van der Waals surface area contributed by atoms with Gasteiger partial charge in [-0.15, -0.1) is 11.3 Å². The summed E-state index contributed by atoms with van der Waals surface area (Å²) in [6.45, 7) is 0. The van der Waals surface area contributed by atoms with Crippen molar-refractivity contribution < 1.29 is 9.18 Å². The van der Waals surface area contributed by atoms with Crippen molar-refractivity contribution in [2.75, 3.05) is 0 Å². The van der Waals surface area contributed by atoms with Gasteiger partial charge in [0.1, 0.15) is 11.5 Å². The number of carbonyl (C=O) groups excluding carboxylic acids is 1. The Morgan fingerprint density at radius 2 is 1.72 bits per heavy atom. The zero-order valence-electron chi connectivity index (χ0n) is 12.9. The number of carbonyl (C=O) groups is 1. The van der Waals surface area contributed by atoms with Gasteiger partial charge in [0.2, 0.25) is 5.91 Å². The topological polar surface area (TPSA) is 68.9 Å². The Kier molecular flexibility index (Phi) is 3.74. The first-order valence-electron chi connectivity index (χ1n) is 7.53. The maximum absolute atomic E-state index is 13.3. The van der Waals surface area contributed by atoms with E-state index in [4.69, 9.17) is 15.7 Å². The highest BCUT2D eigenvalue weighted by Crippen LogP contribution is 2.33. The molecule has 2 aromatic carbocycles. The van der Waals surface area contributed by atoms with Crippen molar-refractivity contribution in [2.24, 2.45) is 5.73 Å². The third-order valence-electron chi connectivity index (χ3n) is 3.82. The first kappa shape index (κ1) is 15.4. The average molecular weight is 349 g/mol. The lowest BCUT2D eigenvalue weighted by molar-refractivity contribution is 0.100. The number of aromatic nitrogens is 2. The van der Waals surface area contributed by atoms with Crippen LogP contribution < -0.4 is 5.73 Å². The van der Waals surface area contributed by atoms with Crippen LogP contribution in [0.3, 0.4) is 0 Å². The Morgan fingerprint density at radius 1 is 0.960 bits per heavy atom. The van der Waals surface area contributed by atoms with Crippen molar-refractivity contribution >= 4 is 28.3 Å².